The zero-order valence-electron chi connectivity index (χ0n) is 13.8. The summed E-state index contributed by atoms with van der Waals surface area (Å²) >= 11 is 6.03. The summed E-state index contributed by atoms with van der Waals surface area (Å²) < 4.78 is 27.2. The zero-order valence-corrected chi connectivity index (χ0v) is 15.4. The van der Waals surface area contributed by atoms with Gasteiger partial charge in [0, 0.05) is 18.1 Å². The van der Waals surface area contributed by atoms with Crippen molar-refractivity contribution >= 4 is 21.6 Å². The molecule has 128 valence electrons. The Balaban J connectivity index is 1.67. The topological polar surface area (TPSA) is 37.4 Å². The van der Waals surface area contributed by atoms with Gasteiger partial charge >= 0.3 is 0 Å². The van der Waals surface area contributed by atoms with E-state index in [-0.39, 0.29) is 0 Å². The summed E-state index contributed by atoms with van der Waals surface area (Å²) in [5, 5.41) is 0.465. The van der Waals surface area contributed by atoms with Gasteiger partial charge in [-0.2, -0.15) is 4.31 Å². The predicted molar refractivity (Wildman–Crippen MR) is 97.8 cm³/mol. The van der Waals surface area contributed by atoms with Gasteiger partial charge < -0.3 is 0 Å². The predicted octanol–water partition coefficient (Wildman–Crippen LogP) is 4.29. The molecule has 2 aromatic carbocycles. The van der Waals surface area contributed by atoms with Crippen LogP contribution in [0.5, 0.6) is 0 Å². The number of benzene rings is 2. The molecule has 3 rings (SSSR count). The maximum Gasteiger partial charge on any atom is 0.243 e. The first kappa shape index (κ1) is 17.5. The highest BCUT2D eigenvalue weighted by atomic mass is 35.5. The maximum absolute atomic E-state index is 12.8. The summed E-state index contributed by atoms with van der Waals surface area (Å²) in [4.78, 5) is 0.300. The molecule has 2 aromatic rings. The van der Waals surface area contributed by atoms with Gasteiger partial charge in [-0.1, -0.05) is 41.9 Å². The summed E-state index contributed by atoms with van der Waals surface area (Å²) in [6.07, 6.45) is 2.81. The number of halogens is 1. The van der Waals surface area contributed by atoms with E-state index in [4.69, 9.17) is 11.6 Å². The van der Waals surface area contributed by atoms with Crippen LogP contribution in [0.15, 0.2) is 53.4 Å². The van der Waals surface area contributed by atoms with Gasteiger partial charge in [0.25, 0.3) is 0 Å². The van der Waals surface area contributed by atoms with Crippen LogP contribution in [0, 0.1) is 12.8 Å². The Labute approximate surface area is 149 Å². The van der Waals surface area contributed by atoms with Crippen molar-refractivity contribution in [1.82, 2.24) is 4.31 Å². The lowest BCUT2D eigenvalue weighted by Gasteiger charge is -2.31. The molecule has 0 spiro atoms. The summed E-state index contributed by atoms with van der Waals surface area (Å²) in [7, 11) is -3.45. The molecule has 3 nitrogen and oxygen atoms in total. The van der Waals surface area contributed by atoms with E-state index < -0.39 is 10.0 Å². The molecule has 1 saturated heterocycles. The standard InChI is InChI=1S/C19H22ClNO2S/c1-15-11-18(20)14-19(12-15)24(22,23)21-9-7-17(8-10-21)13-16-5-3-2-4-6-16/h2-6,11-12,14,17H,7-10,13H2,1H3. The smallest absolute Gasteiger partial charge is 0.207 e. The second-order valence-corrected chi connectivity index (χ2v) is 8.88. The van der Waals surface area contributed by atoms with E-state index in [2.05, 4.69) is 24.3 Å². The minimum Gasteiger partial charge on any atom is -0.207 e. The van der Waals surface area contributed by atoms with Crippen LogP contribution in [-0.2, 0) is 16.4 Å². The normalized spacial score (nSPS) is 17.1. The van der Waals surface area contributed by atoms with Gasteiger partial charge in [-0.25, -0.2) is 8.42 Å². The fourth-order valence-electron chi connectivity index (χ4n) is 3.30. The van der Waals surface area contributed by atoms with Crippen molar-refractivity contribution in [1.29, 1.82) is 0 Å². The molecule has 1 fully saturated rings. The van der Waals surface area contributed by atoms with E-state index in [1.807, 2.05) is 13.0 Å². The zero-order chi connectivity index (χ0) is 17.2. The van der Waals surface area contributed by atoms with Crippen LogP contribution in [0.25, 0.3) is 0 Å². The molecule has 24 heavy (non-hydrogen) atoms. The van der Waals surface area contributed by atoms with Crippen LogP contribution in [0.3, 0.4) is 0 Å². The highest BCUT2D eigenvalue weighted by Crippen LogP contribution is 2.27. The molecule has 0 amide bonds. The van der Waals surface area contributed by atoms with Crippen LogP contribution in [0.2, 0.25) is 5.02 Å². The Morgan fingerprint density at radius 3 is 2.38 bits per heavy atom. The number of piperidine rings is 1. The molecule has 0 bridgehead atoms. The molecule has 5 heteroatoms. The molecule has 0 radical (unpaired) electrons. The van der Waals surface area contributed by atoms with E-state index in [0.717, 1.165) is 24.8 Å². The largest absolute Gasteiger partial charge is 0.243 e. The van der Waals surface area contributed by atoms with Crippen molar-refractivity contribution in [2.24, 2.45) is 5.92 Å². The minimum atomic E-state index is -3.45. The van der Waals surface area contributed by atoms with Crippen molar-refractivity contribution < 1.29 is 8.42 Å². The van der Waals surface area contributed by atoms with Crippen molar-refractivity contribution in [2.75, 3.05) is 13.1 Å². The average Bonchev–Trinajstić information content (AvgIpc) is 2.55. The van der Waals surface area contributed by atoms with E-state index in [1.165, 1.54) is 5.56 Å². The molecule has 1 aliphatic rings. The van der Waals surface area contributed by atoms with Crippen LogP contribution < -0.4 is 0 Å². The molecule has 1 heterocycles. The number of rotatable bonds is 4. The van der Waals surface area contributed by atoms with E-state index in [1.54, 1.807) is 22.5 Å². The molecule has 1 aliphatic heterocycles. The minimum absolute atomic E-state index is 0.300. The van der Waals surface area contributed by atoms with Gasteiger partial charge in [-0.15, -0.1) is 0 Å². The highest BCUT2D eigenvalue weighted by molar-refractivity contribution is 7.89. The third-order valence-electron chi connectivity index (χ3n) is 4.59. The van der Waals surface area contributed by atoms with Gasteiger partial charge in [0.05, 0.1) is 4.90 Å². The van der Waals surface area contributed by atoms with Crippen molar-refractivity contribution in [3.05, 3.63) is 64.7 Å². The molecule has 0 saturated carbocycles. The second-order valence-electron chi connectivity index (χ2n) is 6.50. The van der Waals surface area contributed by atoms with Crippen molar-refractivity contribution in [3.8, 4) is 0 Å². The first-order valence-electron chi connectivity index (χ1n) is 8.26. The van der Waals surface area contributed by atoms with Crippen molar-refractivity contribution in [3.63, 3.8) is 0 Å². The summed E-state index contributed by atoms with van der Waals surface area (Å²) in [5.41, 5.74) is 2.18. The third kappa shape index (κ3) is 4.00. The first-order valence-corrected chi connectivity index (χ1v) is 10.1. The molecule has 0 atom stereocenters. The number of nitrogens with zero attached hydrogens (tertiary/aromatic N) is 1. The van der Waals surface area contributed by atoms with Gasteiger partial charge in [0.15, 0.2) is 0 Å². The first-order chi connectivity index (χ1) is 11.4. The van der Waals surface area contributed by atoms with Gasteiger partial charge in [-0.3, -0.25) is 0 Å². The Hall–Kier alpha value is -1.36. The molecule has 0 aromatic heterocycles. The fraction of sp³-hybridized carbons (Fsp3) is 0.368. The van der Waals surface area contributed by atoms with Crippen LogP contribution >= 0.6 is 11.6 Å². The molecule has 0 aliphatic carbocycles. The van der Waals surface area contributed by atoms with Gasteiger partial charge in [-0.05, 0) is 61.4 Å². The van der Waals surface area contributed by atoms with Crippen LogP contribution in [0.4, 0.5) is 0 Å². The van der Waals surface area contributed by atoms with E-state index in [9.17, 15) is 8.42 Å². The fourth-order valence-corrected chi connectivity index (χ4v) is 5.26. The lowest BCUT2D eigenvalue weighted by atomic mass is 9.91. The number of sulfonamides is 1. The Morgan fingerprint density at radius 2 is 1.75 bits per heavy atom. The second kappa shape index (κ2) is 7.26. The molecule has 0 unspecified atom stereocenters. The van der Waals surface area contributed by atoms with E-state index >= 15 is 0 Å². The Kier molecular flexibility index (Phi) is 5.28. The number of hydrogen-bond acceptors (Lipinski definition) is 2. The number of aryl methyl sites for hydroxylation is 1. The summed E-state index contributed by atoms with van der Waals surface area (Å²) in [5.74, 6) is 0.542. The number of hydrogen-bond donors (Lipinski definition) is 0. The van der Waals surface area contributed by atoms with Crippen LogP contribution in [0.1, 0.15) is 24.0 Å². The third-order valence-corrected chi connectivity index (χ3v) is 6.69. The summed E-state index contributed by atoms with van der Waals surface area (Å²) in [6, 6.07) is 15.4. The average molecular weight is 364 g/mol. The monoisotopic (exact) mass is 363 g/mol. The van der Waals surface area contributed by atoms with Gasteiger partial charge in [0.2, 0.25) is 10.0 Å². The van der Waals surface area contributed by atoms with Crippen LogP contribution in [-0.4, -0.2) is 25.8 Å². The molecule has 0 N–H and O–H groups in total. The summed E-state index contributed by atoms with van der Waals surface area (Å²) in [6.45, 7) is 3.01. The lowest BCUT2D eigenvalue weighted by Crippen LogP contribution is -2.38. The quantitative estimate of drug-likeness (QED) is 0.812. The highest BCUT2D eigenvalue weighted by Gasteiger charge is 2.29. The SMILES string of the molecule is Cc1cc(Cl)cc(S(=O)(=O)N2CCC(Cc3ccccc3)CC2)c1. The Morgan fingerprint density at radius 1 is 1.08 bits per heavy atom. The Bertz CT molecular complexity index is 777. The lowest BCUT2D eigenvalue weighted by molar-refractivity contribution is 0.273. The van der Waals surface area contributed by atoms with E-state index in [0.29, 0.717) is 28.9 Å². The molecular weight excluding hydrogens is 342 g/mol. The maximum atomic E-state index is 12.8. The molecular formula is C19H22ClNO2S. The van der Waals surface area contributed by atoms with Gasteiger partial charge in [0.1, 0.15) is 0 Å². The van der Waals surface area contributed by atoms with Crippen molar-refractivity contribution in [2.45, 2.75) is 31.1 Å².